The summed E-state index contributed by atoms with van der Waals surface area (Å²) in [5.41, 5.74) is 7.53. The molecule has 0 N–H and O–H groups in total. The number of hydrogen-bond acceptors (Lipinski definition) is 1. The lowest BCUT2D eigenvalue weighted by atomic mass is 10.0. The van der Waals surface area contributed by atoms with E-state index in [-0.39, 0.29) is 0 Å². The van der Waals surface area contributed by atoms with Crippen LogP contribution in [0, 0.1) is 0 Å². The summed E-state index contributed by atoms with van der Waals surface area (Å²) in [4.78, 5) is 2.65. The first-order valence-corrected chi connectivity index (χ1v) is 11.3. The van der Waals surface area contributed by atoms with Crippen molar-refractivity contribution >= 4 is 10.9 Å². The molecule has 0 radical (unpaired) electrons. The number of hydrogen-bond donors (Lipinski definition) is 0. The van der Waals surface area contributed by atoms with Crippen LogP contribution in [0.3, 0.4) is 0 Å². The van der Waals surface area contributed by atoms with Gasteiger partial charge in [0.25, 0.3) is 0 Å². The lowest BCUT2D eigenvalue weighted by molar-refractivity contribution is 0.327. The summed E-state index contributed by atoms with van der Waals surface area (Å²) in [6, 6.07) is 18.2. The molecule has 1 saturated heterocycles. The predicted octanol–water partition coefficient (Wildman–Crippen LogP) is 6.06. The van der Waals surface area contributed by atoms with E-state index in [0.29, 0.717) is 0 Å². The average molecular weight is 373 g/mol. The maximum Gasteiger partial charge on any atom is 0.0526 e. The van der Waals surface area contributed by atoms with Gasteiger partial charge in [-0.2, -0.15) is 0 Å². The highest BCUT2D eigenvalue weighted by Crippen LogP contribution is 2.39. The second-order valence-electron chi connectivity index (χ2n) is 8.62. The highest BCUT2D eigenvalue weighted by atomic mass is 15.1. The zero-order chi connectivity index (χ0) is 18.8. The molecule has 2 aliphatic rings. The monoisotopic (exact) mass is 372 g/mol. The summed E-state index contributed by atoms with van der Waals surface area (Å²) in [5, 5.41) is 1.48. The van der Waals surface area contributed by atoms with Gasteiger partial charge in [-0.1, -0.05) is 48.9 Å². The van der Waals surface area contributed by atoms with E-state index in [1.165, 1.54) is 98.7 Å². The van der Waals surface area contributed by atoms with Crippen LogP contribution in [0.25, 0.3) is 22.2 Å². The van der Waals surface area contributed by atoms with Crippen molar-refractivity contribution in [3.05, 3.63) is 59.7 Å². The van der Waals surface area contributed by atoms with Crippen LogP contribution < -0.4 is 0 Å². The lowest BCUT2D eigenvalue weighted by Crippen LogP contribution is -2.20. The topological polar surface area (TPSA) is 8.17 Å². The van der Waals surface area contributed by atoms with Gasteiger partial charge < -0.3 is 9.47 Å². The van der Waals surface area contributed by atoms with E-state index < -0.39 is 0 Å². The molecular weight excluding hydrogens is 340 g/mol. The van der Waals surface area contributed by atoms with Gasteiger partial charge in [-0.25, -0.2) is 0 Å². The number of aromatic nitrogens is 1. The van der Waals surface area contributed by atoms with Crippen molar-refractivity contribution in [2.45, 2.75) is 57.9 Å². The Morgan fingerprint density at radius 2 is 1.50 bits per heavy atom. The van der Waals surface area contributed by atoms with Gasteiger partial charge in [0.15, 0.2) is 0 Å². The van der Waals surface area contributed by atoms with Crippen molar-refractivity contribution in [1.82, 2.24) is 9.47 Å². The average Bonchev–Trinajstić information content (AvgIpc) is 3.30. The molecule has 1 aliphatic carbocycles. The third kappa shape index (κ3) is 3.39. The van der Waals surface area contributed by atoms with Crippen molar-refractivity contribution in [2.24, 2.45) is 0 Å². The van der Waals surface area contributed by atoms with Crippen LogP contribution >= 0.6 is 0 Å². The minimum Gasteiger partial charge on any atom is -0.340 e. The van der Waals surface area contributed by atoms with Crippen LogP contribution in [0.4, 0.5) is 0 Å². The van der Waals surface area contributed by atoms with E-state index in [1.54, 1.807) is 5.56 Å². The zero-order valence-electron chi connectivity index (χ0n) is 17.0. The summed E-state index contributed by atoms with van der Waals surface area (Å²) in [5.74, 6) is 0. The first-order valence-electron chi connectivity index (χ1n) is 11.3. The van der Waals surface area contributed by atoms with Crippen LogP contribution in [0.5, 0.6) is 0 Å². The molecule has 0 bridgehead atoms. The number of likely N-dealkylation sites (tertiary alicyclic amines) is 1. The largest absolute Gasteiger partial charge is 0.340 e. The molecule has 1 aliphatic heterocycles. The quantitative estimate of drug-likeness (QED) is 0.477. The van der Waals surface area contributed by atoms with Gasteiger partial charge in [0.2, 0.25) is 0 Å². The smallest absolute Gasteiger partial charge is 0.0526 e. The number of unbranched alkanes of at least 4 members (excludes halogenated alkanes) is 2. The van der Waals surface area contributed by atoms with Gasteiger partial charge in [-0.15, -0.1) is 0 Å². The minimum atomic E-state index is 1.14. The summed E-state index contributed by atoms with van der Waals surface area (Å²) < 4.78 is 2.64. The fourth-order valence-corrected chi connectivity index (χ4v) is 5.38. The van der Waals surface area contributed by atoms with Gasteiger partial charge in [0.05, 0.1) is 5.69 Å². The molecule has 0 saturated carbocycles. The normalized spacial score (nSPS) is 16.9. The van der Waals surface area contributed by atoms with Crippen molar-refractivity contribution in [1.29, 1.82) is 0 Å². The van der Waals surface area contributed by atoms with Crippen LogP contribution in [0.2, 0.25) is 0 Å². The summed E-state index contributed by atoms with van der Waals surface area (Å²) in [7, 11) is 0. The Morgan fingerprint density at radius 3 is 2.43 bits per heavy atom. The second-order valence-corrected chi connectivity index (χ2v) is 8.62. The van der Waals surface area contributed by atoms with E-state index in [9.17, 15) is 0 Å². The molecule has 0 unspecified atom stereocenters. The number of nitrogens with zero attached hydrogens (tertiary/aromatic N) is 2. The molecule has 0 amide bonds. The number of aryl methyl sites for hydroxylation is 3. The van der Waals surface area contributed by atoms with Gasteiger partial charge in [-0.05, 0) is 81.8 Å². The molecule has 1 fully saturated rings. The highest BCUT2D eigenvalue weighted by molar-refractivity contribution is 5.92. The molecule has 2 heterocycles. The summed E-state index contributed by atoms with van der Waals surface area (Å²) in [6.07, 6.45) is 10.4. The van der Waals surface area contributed by atoms with E-state index in [1.807, 2.05) is 0 Å². The maximum atomic E-state index is 2.65. The molecule has 2 aromatic carbocycles. The Hall–Kier alpha value is -2.06. The molecule has 2 nitrogen and oxygen atoms in total. The number of rotatable bonds is 6. The molecule has 5 rings (SSSR count). The van der Waals surface area contributed by atoms with Crippen molar-refractivity contribution in [2.75, 3.05) is 19.6 Å². The van der Waals surface area contributed by atoms with Gasteiger partial charge >= 0.3 is 0 Å². The summed E-state index contributed by atoms with van der Waals surface area (Å²) >= 11 is 0. The second kappa shape index (κ2) is 8.13. The lowest BCUT2D eigenvalue weighted by Gasteiger charge is -2.16. The molecule has 146 valence electrons. The molecular formula is C26H32N2. The summed E-state index contributed by atoms with van der Waals surface area (Å²) in [6.45, 7) is 5.09. The van der Waals surface area contributed by atoms with E-state index >= 15 is 0 Å². The van der Waals surface area contributed by atoms with Crippen molar-refractivity contribution in [3.63, 3.8) is 0 Å². The Labute approximate surface area is 169 Å². The SMILES string of the molecule is c1ccc2c(c1)CCCc1c-2n(CCCCCN2CCCC2)c2ccccc12. The first-order chi connectivity index (χ1) is 13.9. The first kappa shape index (κ1) is 18.0. The number of benzene rings is 2. The fourth-order valence-electron chi connectivity index (χ4n) is 5.38. The molecule has 2 heteroatoms. The predicted molar refractivity (Wildman–Crippen MR) is 119 cm³/mol. The number of fused-ring (bicyclic) bond motifs is 5. The van der Waals surface area contributed by atoms with Crippen LogP contribution in [0.1, 0.15) is 49.7 Å². The van der Waals surface area contributed by atoms with Crippen LogP contribution in [-0.2, 0) is 19.4 Å². The van der Waals surface area contributed by atoms with Gasteiger partial charge in [0.1, 0.15) is 0 Å². The molecule has 0 spiro atoms. The maximum absolute atomic E-state index is 2.65. The number of para-hydroxylation sites is 1. The van der Waals surface area contributed by atoms with E-state index in [2.05, 4.69) is 58.0 Å². The van der Waals surface area contributed by atoms with E-state index in [4.69, 9.17) is 0 Å². The molecule has 3 aromatic rings. The Bertz CT molecular complexity index is 946. The molecule has 28 heavy (non-hydrogen) atoms. The third-order valence-electron chi connectivity index (χ3n) is 6.78. The fraction of sp³-hybridized carbons (Fsp3) is 0.462. The Kier molecular flexibility index (Phi) is 5.22. The Morgan fingerprint density at radius 1 is 0.714 bits per heavy atom. The van der Waals surface area contributed by atoms with E-state index in [0.717, 1.165) is 6.54 Å². The van der Waals surface area contributed by atoms with Crippen molar-refractivity contribution in [3.8, 4) is 11.3 Å². The standard InChI is InChI=1S/C26H32N2/c1(6-17-27-18-8-9-19-27)7-20-28-25-16-5-4-14-23(25)24-15-10-12-21-11-2-3-13-22(21)26(24)28/h2-5,11,13-14,16H,1,6-10,12,15,17-20H2. The zero-order valence-corrected chi connectivity index (χ0v) is 17.0. The minimum absolute atomic E-state index is 1.14. The van der Waals surface area contributed by atoms with Crippen LogP contribution in [0.15, 0.2) is 48.5 Å². The van der Waals surface area contributed by atoms with Gasteiger partial charge in [0, 0.05) is 23.0 Å². The van der Waals surface area contributed by atoms with Crippen molar-refractivity contribution < 1.29 is 0 Å². The highest BCUT2D eigenvalue weighted by Gasteiger charge is 2.22. The Balaban J connectivity index is 1.41. The third-order valence-corrected chi connectivity index (χ3v) is 6.78. The molecule has 1 aromatic heterocycles. The van der Waals surface area contributed by atoms with Gasteiger partial charge in [-0.3, -0.25) is 0 Å². The van der Waals surface area contributed by atoms with Crippen LogP contribution in [-0.4, -0.2) is 29.1 Å². The molecule has 0 atom stereocenters.